The van der Waals surface area contributed by atoms with Gasteiger partial charge >= 0.3 is 11.9 Å². The summed E-state index contributed by atoms with van der Waals surface area (Å²) >= 11 is 0. The first-order valence-corrected chi connectivity index (χ1v) is 11.3. The van der Waals surface area contributed by atoms with Crippen LogP contribution in [0.5, 0.6) is 0 Å². The average molecular weight is 397 g/mol. The Morgan fingerprint density at radius 3 is 1.39 bits per heavy atom. The fourth-order valence-electron chi connectivity index (χ4n) is 5.11. The molecule has 0 amide bonds. The average Bonchev–Trinajstić information content (AvgIpc) is 2.61. The Balaban J connectivity index is 1.66. The van der Waals surface area contributed by atoms with Crippen molar-refractivity contribution in [2.24, 2.45) is 17.3 Å². The van der Waals surface area contributed by atoms with Crippen molar-refractivity contribution in [3.05, 3.63) is 0 Å². The number of ether oxygens (including phenoxy) is 2. The number of carbonyl (C=O) groups is 2. The maximum absolute atomic E-state index is 13.2. The van der Waals surface area contributed by atoms with Crippen LogP contribution >= 0.6 is 0 Å². The van der Waals surface area contributed by atoms with Crippen LogP contribution in [0, 0.1) is 17.3 Å². The lowest BCUT2D eigenvalue weighted by molar-refractivity contribution is -0.666. The quantitative estimate of drug-likeness (QED) is 0.512. The van der Waals surface area contributed by atoms with Crippen LogP contribution in [0.4, 0.5) is 0 Å². The maximum Gasteiger partial charge on any atom is 0.324 e. The summed E-state index contributed by atoms with van der Waals surface area (Å²) in [6.45, 7) is 12.3. The molecule has 3 rings (SSSR count). The van der Waals surface area contributed by atoms with Crippen LogP contribution in [0.15, 0.2) is 0 Å². The molecular weight excluding hydrogens is 356 g/mol. The van der Waals surface area contributed by atoms with Crippen LogP contribution in [0.2, 0.25) is 0 Å². The Kier molecular flexibility index (Phi) is 6.40. The second-order valence-corrected chi connectivity index (χ2v) is 10.2. The van der Waals surface area contributed by atoms with Gasteiger partial charge in [0.2, 0.25) is 0 Å². The van der Waals surface area contributed by atoms with Gasteiger partial charge in [0, 0.05) is 37.5 Å². The zero-order chi connectivity index (χ0) is 20.4. The molecule has 0 radical (unpaired) electrons. The fraction of sp³-hybridized carbons (Fsp3) is 0.909. The van der Waals surface area contributed by atoms with Gasteiger partial charge in [-0.3, -0.25) is 9.59 Å². The third-order valence-electron chi connectivity index (χ3n) is 7.54. The van der Waals surface area contributed by atoms with Gasteiger partial charge in [0.25, 0.3) is 0 Å². The van der Waals surface area contributed by atoms with Crippen LogP contribution in [-0.4, -0.2) is 49.3 Å². The summed E-state index contributed by atoms with van der Waals surface area (Å²) in [6.07, 6.45) is 6.16. The molecule has 6 nitrogen and oxygen atoms in total. The van der Waals surface area contributed by atoms with Crippen molar-refractivity contribution >= 4 is 11.9 Å². The van der Waals surface area contributed by atoms with Crippen LogP contribution in [0.1, 0.15) is 72.6 Å². The molecule has 0 unspecified atom stereocenters. The Labute approximate surface area is 169 Å². The van der Waals surface area contributed by atoms with Crippen molar-refractivity contribution in [1.29, 1.82) is 0 Å². The number of hydrogen-bond donors (Lipinski definition) is 2. The van der Waals surface area contributed by atoms with Crippen molar-refractivity contribution in [1.82, 2.24) is 0 Å². The molecular formula is C22H40N2O4+2. The molecule has 1 aliphatic carbocycles. The fourth-order valence-corrected chi connectivity index (χ4v) is 5.11. The minimum absolute atomic E-state index is 0.351. The largest absolute Gasteiger partial charge is 0.459 e. The van der Waals surface area contributed by atoms with E-state index in [2.05, 4.69) is 10.6 Å². The number of hydrogen-bond acceptors (Lipinski definition) is 4. The Morgan fingerprint density at radius 2 is 1.11 bits per heavy atom. The van der Waals surface area contributed by atoms with E-state index >= 15 is 0 Å². The van der Waals surface area contributed by atoms with Gasteiger partial charge in [0.1, 0.15) is 11.2 Å². The molecule has 6 heteroatoms. The van der Waals surface area contributed by atoms with Crippen molar-refractivity contribution in [3.8, 4) is 0 Å². The van der Waals surface area contributed by atoms with Crippen molar-refractivity contribution < 1.29 is 29.7 Å². The lowest BCUT2D eigenvalue weighted by Crippen LogP contribution is -2.86. The van der Waals surface area contributed by atoms with E-state index in [1.54, 1.807) is 0 Å². The van der Waals surface area contributed by atoms with Crippen LogP contribution < -0.4 is 10.6 Å². The van der Waals surface area contributed by atoms with Gasteiger partial charge < -0.3 is 20.1 Å². The molecule has 0 atom stereocenters. The highest BCUT2D eigenvalue weighted by Gasteiger charge is 2.56. The van der Waals surface area contributed by atoms with Crippen LogP contribution in [0.3, 0.4) is 0 Å². The molecule has 2 saturated heterocycles. The number of carbonyl (C=O) groups excluding carboxylic acids is 2. The smallest absolute Gasteiger partial charge is 0.324 e. The molecule has 0 spiro atoms. The topological polar surface area (TPSA) is 85.8 Å². The number of quaternary nitrogens is 2. The third kappa shape index (κ3) is 4.38. The van der Waals surface area contributed by atoms with Gasteiger partial charge in [-0.25, -0.2) is 0 Å². The summed E-state index contributed by atoms with van der Waals surface area (Å²) in [5.41, 5.74) is -2.16. The van der Waals surface area contributed by atoms with E-state index in [1.807, 2.05) is 27.7 Å². The summed E-state index contributed by atoms with van der Waals surface area (Å²) in [7, 11) is 0. The lowest BCUT2D eigenvalue weighted by atomic mass is 9.68. The molecule has 2 aliphatic heterocycles. The van der Waals surface area contributed by atoms with Crippen molar-refractivity contribution in [3.63, 3.8) is 0 Å². The van der Waals surface area contributed by atoms with E-state index in [0.717, 1.165) is 58.3 Å². The second kappa shape index (κ2) is 8.31. The molecule has 4 N–H and O–H groups in total. The Hall–Kier alpha value is -1.14. The molecule has 0 aromatic rings. The van der Waals surface area contributed by atoms with Gasteiger partial charge in [-0.05, 0) is 47.0 Å². The first kappa shape index (κ1) is 21.6. The zero-order valence-electron chi connectivity index (χ0n) is 18.2. The molecule has 3 aliphatic rings. The molecule has 160 valence electrons. The monoisotopic (exact) mass is 396 g/mol. The third-order valence-corrected chi connectivity index (χ3v) is 7.54. The van der Waals surface area contributed by atoms with E-state index in [1.165, 1.54) is 0 Å². The molecule has 0 aromatic heterocycles. The van der Waals surface area contributed by atoms with Crippen molar-refractivity contribution in [2.75, 3.05) is 26.2 Å². The number of piperidine rings is 2. The second-order valence-electron chi connectivity index (χ2n) is 10.2. The minimum atomic E-state index is -1.09. The first-order valence-electron chi connectivity index (χ1n) is 11.3. The van der Waals surface area contributed by atoms with Gasteiger partial charge in [-0.1, -0.05) is 0 Å². The number of rotatable bonds is 6. The predicted molar refractivity (Wildman–Crippen MR) is 105 cm³/mol. The first-order chi connectivity index (χ1) is 13.2. The molecule has 28 heavy (non-hydrogen) atoms. The SMILES string of the molecule is CC(C)(OC(=O)C1(C(=O)OC(C)(C)C2CC[NH2+]CC2)CCC1)C1CC[NH2+]CC1. The standard InChI is InChI=1S/C22H38N2O4/c1-20(2,16-6-12-23-13-7-16)27-18(25)22(10-5-11-22)19(26)28-21(3,4)17-8-14-24-15-9-17/h16-17,23-24H,5-15H2,1-4H3/p+2. The minimum Gasteiger partial charge on any atom is -0.459 e. The molecule has 0 bridgehead atoms. The number of esters is 2. The van der Waals surface area contributed by atoms with E-state index in [-0.39, 0.29) is 11.9 Å². The highest BCUT2D eigenvalue weighted by atomic mass is 16.6. The maximum atomic E-state index is 13.2. The van der Waals surface area contributed by atoms with Crippen LogP contribution in [0.25, 0.3) is 0 Å². The predicted octanol–water partition coefficient (Wildman–Crippen LogP) is 0.747. The van der Waals surface area contributed by atoms with Crippen LogP contribution in [-0.2, 0) is 19.1 Å². The van der Waals surface area contributed by atoms with Gasteiger partial charge in [0.05, 0.1) is 26.2 Å². The van der Waals surface area contributed by atoms with E-state index in [0.29, 0.717) is 24.7 Å². The Bertz CT molecular complexity index is 525. The number of nitrogens with two attached hydrogens (primary N) is 2. The summed E-state index contributed by atoms with van der Waals surface area (Å²) in [5.74, 6) is -0.0267. The van der Waals surface area contributed by atoms with E-state index in [4.69, 9.17) is 9.47 Å². The zero-order valence-corrected chi connectivity index (χ0v) is 18.2. The van der Waals surface area contributed by atoms with Crippen molar-refractivity contribution in [2.45, 2.75) is 83.8 Å². The highest BCUT2D eigenvalue weighted by molar-refractivity contribution is 6.01. The highest BCUT2D eigenvalue weighted by Crippen LogP contribution is 2.46. The summed E-state index contributed by atoms with van der Waals surface area (Å²) in [6, 6.07) is 0. The normalized spacial score (nSPS) is 24.3. The summed E-state index contributed by atoms with van der Waals surface area (Å²) in [4.78, 5) is 26.3. The molecule has 3 fully saturated rings. The molecule has 1 saturated carbocycles. The molecule has 2 heterocycles. The lowest BCUT2D eigenvalue weighted by Gasteiger charge is -2.44. The van der Waals surface area contributed by atoms with Gasteiger partial charge in [-0.15, -0.1) is 0 Å². The van der Waals surface area contributed by atoms with E-state index in [9.17, 15) is 9.59 Å². The van der Waals surface area contributed by atoms with E-state index < -0.39 is 16.6 Å². The Morgan fingerprint density at radius 1 is 0.750 bits per heavy atom. The summed E-state index contributed by atoms with van der Waals surface area (Å²) in [5, 5.41) is 4.62. The summed E-state index contributed by atoms with van der Waals surface area (Å²) < 4.78 is 12.0. The van der Waals surface area contributed by atoms with Gasteiger partial charge in [-0.2, -0.15) is 0 Å². The molecule has 0 aromatic carbocycles. The van der Waals surface area contributed by atoms with Gasteiger partial charge in [0.15, 0.2) is 5.41 Å².